The van der Waals surface area contributed by atoms with Gasteiger partial charge in [0, 0.05) is 32.0 Å². The van der Waals surface area contributed by atoms with Gasteiger partial charge in [-0.25, -0.2) is 0 Å². The Kier molecular flexibility index (Phi) is 5.71. The van der Waals surface area contributed by atoms with Gasteiger partial charge in [-0.15, -0.1) is 0 Å². The number of rotatable bonds is 7. The molecule has 1 fully saturated rings. The first-order valence-corrected chi connectivity index (χ1v) is 8.81. The predicted octanol–water partition coefficient (Wildman–Crippen LogP) is 2.32. The third kappa shape index (κ3) is 5.32. The average Bonchev–Trinajstić information content (AvgIpc) is 3.17. The highest BCUT2D eigenvalue weighted by molar-refractivity contribution is 5.92. The van der Waals surface area contributed by atoms with Crippen LogP contribution in [0.5, 0.6) is 5.75 Å². The summed E-state index contributed by atoms with van der Waals surface area (Å²) in [6.07, 6.45) is 5.16. The molecule has 6 nitrogen and oxygen atoms in total. The van der Waals surface area contributed by atoms with Crippen molar-refractivity contribution >= 4 is 11.6 Å². The van der Waals surface area contributed by atoms with Gasteiger partial charge in [0.25, 0.3) is 0 Å². The lowest BCUT2D eigenvalue weighted by atomic mass is 10.2. The summed E-state index contributed by atoms with van der Waals surface area (Å²) in [4.78, 5) is 14.5. The van der Waals surface area contributed by atoms with E-state index in [2.05, 4.69) is 22.2 Å². The number of ether oxygens (including phenoxy) is 1. The Morgan fingerprint density at radius 3 is 2.80 bits per heavy atom. The van der Waals surface area contributed by atoms with Crippen LogP contribution in [0.1, 0.15) is 18.9 Å². The SMILES string of the molecule is C[C@@H]1CCN(CCOc2ccc(NC(=O)Cc3cnn(C)c3)cc2)C1. The summed E-state index contributed by atoms with van der Waals surface area (Å²) in [6, 6.07) is 7.53. The summed E-state index contributed by atoms with van der Waals surface area (Å²) in [7, 11) is 1.84. The third-order valence-corrected chi connectivity index (χ3v) is 4.45. The number of nitrogens with one attached hydrogen (secondary N) is 1. The fourth-order valence-corrected chi connectivity index (χ4v) is 3.11. The fourth-order valence-electron chi connectivity index (χ4n) is 3.11. The number of amides is 1. The quantitative estimate of drug-likeness (QED) is 0.839. The molecule has 1 N–H and O–H groups in total. The molecule has 1 aromatic carbocycles. The van der Waals surface area contributed by atoms with Crippen molar-refractivity contribution in [3.63, 3.8) is 0 Å². The number of carbonyl (C=O) groups excluding carboxylic acids is 1. The maximum absolute atomic E-state index is 12.0. The second-order valence-electron chi connectivity index (χ2n) is 6.81. The molecule has 0 aliphatic carbocycles. The number of aryl methyl sites for hydroxylation is 1. The van der Waals surface area contributed by atoms with E-state index >= 15 is 0 Å². The normalized spacial score (nSPS) is 17.6. The lowest BCUT2D eigenvalue weighted by Gasteiger charge is -2.15. The number of anilines is 1. The third-order valence-electron chi connectivity index (χ3n) is 4.45. The second-order valence-corrected chi connectivity index (χ2v) is 6.81. The Hall–Kier alpha value is -2.34. The average molecular weight is 342 g/mol. The first kappa shape index (κ1) is 17.5. The Bertz CT molecular complexity index is 696. The van der Waals surface area contributed by atoms with Crippen molar-refractivity contribution in [3.05, 3.63) is 42.2 Å². The minimum Gasteiger partial charge on any atom is -0.492 e. The smallest absolute Gasteiger partial charge is 0.228 e. The molecule has 2 heterocycles. The van der Waals surface area contributed by atoms with E-state index in [0.29, 0.717) is 13.0 Å². The van der Waals surface area contributed by atoms with Gasteiger partial charge in [-0.1, -0.05) is 6.92 Å². The molecule has 6 heteroatoms. The van der Waals surface area contributed by atoms with E-state index in [9.17, 15) is 4.79 Å². The number of nitrogens with zero attached hydrogens (tertiary/aromatic N) is 3. The minimum absolute atomic E-state index is 0.0511. The molecule has 1 atom stereocenters. The van der Waals surface area contributed by atoms with Gasteiger partial charge in [0.15, 0.2) is 0 Å². The topological polar surface area (TPSA) is 59.4 Å². The molecular weight excluding hydrogens is 316 g/mol. The molecular formula is C19H26N4O2. The van der Waals surface area contributed by atoms with Crippen molar-refractivity contribution in [2.24, 2.45) is 13.0 Å². The summed E-state index contributed by atoms with van der Waals surface area (Å²) in [5, 5.41) is 6.96. The number of benzene rings is 1. The lowest BCUT2D eigenvalue weighted by molar-refractivity contribution is -0.115. The molecule has 25 heavy (non-hydrogen) atoms. The second kappa shape index (κ2) is 8.16. The van der Waals surface area contributed by atoms with E-state index in [-0.39, 0.29) is 5.91 Å². The zero-order valence-electron chi connectivity index (χ0n) is 14.9. The first-order chi connectivity index (χ1) is 12.1. The summed E-state index contributed by atoms with van der Waals surface area (Å²) in [5.74, 6) is 1.58. The first-order valence-electron chi connectivity index (χ1n) is 8.81. The van der Waals surface area contributed by atoms with Gasteiger partial charge in [0.1, 0.15) is 12.4 Å². The Morgan fingerprint density at radius 1 is 1.36 bits per heavy atom. The molecule has 0 spiro atoms. The van der Waals surface area contributed by atoms with Crippen LogP contribution in [0.15, 0.2) is 36.7 Å². The van der Waals surface area contributed by atoms with E-state index < -0.39 is 0 Å². The Labute approximate surface area is 148 Å². The molecule has 2 aromatic rings. The van der Waals surface area contributed by atoms with Gasteiger partial charge < -0.3 is 10.1 Å². The summed E-state index contributed by atoms with van der Waals surface area (Å²) in [5.41, 5.74) is 1.67. The molecule has 1 amide bonds. The zero-order valence-corrected chi connectivity index (χ0v) is 14.9. The monoisotopic (exact) mass is 342 g/mol. The molecule has 1 aromatic heterocycles. The van der Waals surface area contributed by atoms with Crippen LogP contribution in [0.4, 0.5) is 5.69 Å². The lowest BCUT2D eigenvalue weighted by Crippen LogP contribution is -2.25. The van der Waals surface area contributed by atoms with Crippen LogP contribution in [-0.2, 0) is 18.3 Å². The number of carbonyl (C=O) groups is 1. The fraction of sp³-hybridized carbons (Fsp3) is 0.474. The molecule has 0 bridgehead atoms. The highest BCUT2D eigenvalue weighted by Crippen LogP contribution is 2.17. The van der Waals surface area contributed by atoms with Gasteiger partial charge in [-0.2, -0.15) is 5.10 Å². The highest BCUT2D eigenvalue weighted by atomic mass is 16.5. The Morgan fingerprint density at radius 2 is 2.16 bits per heavy atom. The van der Waals surface area contributed by atoms with E-state index in [1.165, 1.54) is 19.5 Å². The standard InChI is InChI=1S/C19H26N4O2/c1-15-7-8-23(13-15)9-10-25-18-5-3-17(4-6-18)21-19(24)11-16-12-20-22(2)14-16/h3-6,12,14-15H,7-11,13H2,1-2H3,(H,21,24)/t15-/m1/s1. The van der Waals surface area contributed by atoms with Crippen LogP contribution in [-0.4, -0.2) is 46.8 Å². The van der Waals surface area contributed by atoms with Crippen LogP contribution >= 0.6 is 0 Å². The van der Waals surface area contributed by atoms with E-state index in [0.717, 1.165) is 29.5 Å². The van der Waals surface area contributed by atoms with E-state index in [4.69, 9.17) is 4.74 Å². The van der Waals surface area contributed by atoms with Crippen LogP contribution in [0.3, 0.4) is 0 Å². The zero-order chi connectivity index (χ0) is 17.6. The number of hydrogen-bond donors (Lipinski definition) is 1. The van der Waals surface area contributed by atoms with Crippen LogP contribution in [0.25, 0.3) is 0 Å². The van der Waals surface area contributed by atoms with Gasteiger partial charge in [0.2, 0.25) is 5.91 Å². The van der Waals surface area contributed by atoms with Crippen molar-refractivity contribution in [1.82, 2.24) is 14.7 Å². The number of hydrogen-bond acceptors (Lipinski definition) is 4. The molecule has 134 valence electrons. The van der Waals surface area contributed by atoms with Gasteiger partial charge in [-0.3, -0.25) is 14.4 Å². The van der Waals surface area contributed by atoms with Gasteiger partial charge in [0.05, 0.1) is 12.6 Å². The predicted molar refractivity (Wildman–Crippen MR) is 97.7 cm³/mol. The molecule has 0 radical (unpaired) electrons. The van der Waals surface area contributed by atoms with Gasteiger partial charge >= 0.3 is 0 Å². The van der Waals surface area contributed by atoms with Crippen molar-refractivity contribution in [2.45, 2.75) is 19.8 Å². The Balaban J connectivity index is 1.41. The minimum atomic E-state index is -0.0511. The molecule has 0 saturated carbocycles. The van der Waals surface area contributed by atoms with Crippen molar-refractivity contribution in [2.75, 3.05) is 31.6 Å². The van der Waals surface area contributed by atoms with Crippen LogP contribution in [0.2, 0.25) is 0 Å². The summed E-state index contributed by atoms with van der Waals surface area (Å²) >= 11 is 0. The van der Waals surface area contributed by atoms with E-state index in [1.54, 1.807) is 10.9 Å². The van der Waals surface area contributed by atoms with Crippen LogP contribution in [0, 0.1) is 5.92 Å². The van der Waals surface area contributed by atoms with Gasteiger partial charge in [-0.05, 0) is 48.7 Å². The highest BCUT2D eigenvalue weighted by Gasteiger charge is 2.17. The molecule has 0 unspecified atom stereocenters. The molecule has 1 saturated heterocycles. The summed E-state index contributed by atoms with van der Waals surface area (Å²) < 4.78 is 7.49. The van der Waals surface area contributed by atoms with Crippen LogP contribution < -0.4 is 10.1 Å². The van der Waals surface area contributed by atoms with E-state index in [1.807, 2.05) is 37.5 Å². The van der Waals surface area contributed by atoms with Crippen molar-refractivity contribution in [1.29, 1.82) is 0 Å². The maximum Gasteiger partial charge on any atom is 0.228 e. The van der Waals surface area contributed by atoms with Crippen molar-refractivity contribution < 1.29 is 9.53 Å². The molecule has 1 aliphatic heterocycles. The largest absolute Gasteiger partial charge is 0.492 e. The van der Waals surface area contributed by atoms with Crippen molar-refractivity contribution in [3.8, 4) is 5.75 Å². The molecule has 1 aliphatic rings. The summed E-state index contributed by atoms with van der Waals surface area (Å²) in [6.45, 7) is 6.30. The maximum atomic E-state index is 12.0. The number of likely N-dealkylation sites (tertiary alicyclic amines) is 1. The molecule has 3 rings (SSSR count). The number of aromatic nitrogens is 2.